The lowest BCUT2D eigenvalue weighted by Crippen LogP contribution is -2.39. The first-order valence-electron chi connectivity index (χ1n) is 9.27. The standard InChI is InChI=1S/C21H26Cl2N2O3/c1-5-27-19-10-7-15(11-20(19)28-6-2)13(3)24-14(4)21(26)25-18-12-16(22)8-9-17(18)23/h7-14,24H,5-6H2,1-4H3,(H,25,26)/t13-,14+/m0/s1. The third-order valence-electron chi connectivity index (χ3n) is 4.15. The molecular weight excluding hydrogens is 399 g/mol. The van der Waals surface area contributed by atoms with E-state index in [0.717, 1.165) is 5.56 Å². The minimum Gasteiger partial charge on any atom is -0.490 e. The Balaban J connectivity index is 2.06. The van der Waals surface area contributed by atoms with Crippen LogP contribution in [0, 0.1) is 0 Å². The molecule has 152 valence electrons. The van der Waals surface area contributed by atoms with Gasteiger partial charge in [-0.2, -0.15) is 0 Å². The Bertz CT molecular complexity index is 814. The fourth-order valence-electron chi connectivity index (χ4n) is 2.72. The molecule has 2 rings (SSSR count). The van der Waals surface area contributed by atoms with Crippen LogP contribution < -0.4 is 20.1 Å². The van der Waals surface area contributed by atoms with Crippen molar-refractivity contribution < 1.29 is 14.3 Å². The number of halogens is 2. The predicted octanol–water partition coefficient (Wildman–Crippen LogP) is 5.47. The first-order valence-corrected chi connectivity index (χ1v) is 10.0. The van der Waals surface area contributed by atoms with E-state index < -0.39 is 6.04 Å². The van der Waals surface area contributed by atoms with Crippen molar-refractivity contribution >= 4 is 34.8 Å². The number of anilines is 1. The molecule has 0 saturated carbocycles. The maximum absolute atomic E-state index is 12.5. The molecule has 0 aromatic heterocycles. The topological polar surface area (TPSA) is 59.6 Å². The highest BCUT2D eigenvalue weighted by Crippen LogP contribution is 2.31. The normalized spacial score (nSPS) is 12.9. The summed E-state index contributed by atoms with van der Waals surface area (Å²) in [6.07, 6.45) is 0. The highest BCUT2D eigenvalue weighted by atomic mass is 35.5. The highest BCUT2D eigenvalue weighted by molar-refractivity contribution is 6.35. The Morgan fingerprint density at radius 3 is 2.36 bits per heavy atom. The Hall–Kier alpha value is -1.95. The highest BCUT2D eigenvalue weighted by Gasteiger charge is 2.18. The lowest BCUT2D eigenvalue weighted by atomic mass is 10.1. The van der Waals surface area contributed by atoms with Gasteiger partial charge in [0.2, 0.25) is 5.91 Å². The largest absolute Gasteiger partial charge is 0.490 e. The number of hydrogen-bond acceptors (Lipinski definition) is 4. The first kappa shape index (κ1) is 22.3. The van der Waals surface area contributed by atoms with Crippen LogP contribution in [-0.4, -0.2) is 25.2 Å². The lowest BCUT2D eigenvalue weighted by Gasteiger charge is -2.21. The smallest absolute Gasteiger partial charge is 0.241 e. The van der Waals surface area contributed by atoms with Crippen LogP contribution in [0.1, 0.15) is 39.3 Å². The summed E-state index contributed by atoms with van der Waals surface area (Å²) in [6, 6.07) is 10.2. The summed E-state index contributed by atoms with van der Waals surface area (Å²) < 4.78 is 11.3. The average Bonchev–Trinajstić information content (AvgIpc) is 2.66. The molecule has 2 N–H and O–H groups in total. The molecule has 5 nitrogen and oxygen atoms in total. The van der Waals surface area contributed by atoms with Crippen LogP contribution in [0.5, 0.6) is 11.5 Å². The van der Waals surface area contributed by atoms with Crippen molar-refractivity contribution in [1.29, 1.82) is 0 Å². The Kier molecular flexibility index (Phi) is 8.42. The molecule has 0 fully saturated rings. The van der Waals surface area contributed by atoms with Crippen LogP contribution in [0.2, 0.25) is 10.0 Å². The third kappa shape index (κ3) is 6.03. The summed E-state index contributed by atoms with van der Waals surface area (Å²) >= 11 is 12.1. The van der Waals surface area contributed by atoms with Crippen LogP contribution in [0.3, 0.4) is 0 Å². The van der Waals surface area contributed by atoms with Gasteiger partial charge in [0.05, 0.1) is 30.0 Å². The molecule has 2 atom stereocenters. The molecule has 0 saturated heterocycles. The minimum absolute atomic E-state index is 0.0783. The van der Waals surface area contributed by atoms with E-state index in [1.165, 1.54) is 0 Å². The molecule has 28 heavy (non-hydrogen) atoms. The predicted molar refractivity (Wildman–Crippen MR) is 115 cm³/mol. The van der Waals surface area contributed by atoms with E-state index in [9.17, 15) is 4.79 Å². The number of carbonyl (C=O) groups excluding carboxylic acids is 1. The zero-order chi connectivity index (χ0) is 20.7. The van der Waals surface area contributed by atoms with Crippen molar-refractivity contribution in [1.82, 2.24) is 5.32 Å². The summed E-state index contributed by atoms with van der Waals surface area (Å²) in [5.41, 5.74) is 1.48. The SMILES string of the molecule is CCOc1ccc([C@H](C)N[C@H](C)C(=O)Nc2cc(Cl)ccc2Cl)cc1OCC. The molecule has 0 radical (unpaired) electrons. The number of benzene rings is 2. The number of hydrogen-bond donors (Lipinski definition) is 2. The fraction of sp³-hybridized carbons (Fsp3) is 0.381. The van der Waals surface area contributed by atoms with Crippen molar-refractivity contribution in [2.75, 3.05) is 18.5 Å². The van der Waals surface area contributed by atoms with Crippen LogP contribution >= 0.6 is 23.2 Å². The van der Waals surface area contributed by atoms with E-state index in [1.807, 2.05) is 39.0 Å². The van der Waals surface area contributed by atoms with Crippen LogP contribution in [0.4, 0.5) is 5.69 Å². The van der Waals surface area contributed by atoms with Crippen LogP contribution in [0.15, 0.2) is 36.4 Å². The van der Waals surface area contributed by atoms with E-state index in [-0.39, 0.29) is 11.9 Å². The van der Waals surface area contributed by atoms with E-state index in [4.69, 9.17) is 32.7 Å². The van der Waals surface area contributed by atoms with E-state index in [2.05, 4.69) is 10.6 Å². The summed E-state index contributed by atoms with van der Waals surface area (Å²) in [5.74, 6) is 1.20. The third-order valence-corrected chi connectivity index (χ3v) is 4.71. The second-order valence-corrected chi connectivity index (χ2v) is 7.14. The van der Waals surface area contributed by atoms with Gasteiger partial charge in [-0.3, -0.25) is 10.1 Å². The second-order valence-electron chi connectivity index (χ2n) is 6.30. The maximum Gasteiger partial charge on any atom is 0.241 e. The number of nitrogens with one attached hydrogen (secondary N) is 2. The van der Waals surface area contributed by atoms with E-state index in [0.29, 0.717) is 40.4 Å². The summed E-state index contributed by atoms with van der Waals surface area (Å²) in [5, 5.41) is 7.03. The Morgan fingerprint density at radius 1 is 1.00 bits per heavy atom. The number of carbonyl (C=O) groups is 1. The van der Waals surface area contributed by atoms with Crippen LogP contribution in [-0.2, 0) is 4.79 Å². The van der Waals surface area contributed by atoms with Gasteiger partial charge < -0.3 is 14.8 Å². The monoisotopic (exact) mass is 424 g/mol. The Labute approximate surface area is 176 Å². The molecule has 2 aromatic carbocycles. The summed E-state index contributed by atoms with van der Waals surface area (Å²) in [4.78, 5) is 12.5. The number of amides is 1. The zero-order valence-corrected chi connectivity index (χ0v) is 18.0. The minimum atomic E-state index is -0.452. The molecular formula is C21H26Cl2N2O3. The molecule has 0 aliphatic heterocycles. The second kappa shape index (κ2) is 10.6. The molecule has 0 heterocycles. The van der Waals surface area contributed by atoms with Gasteiger partial charge in [0, 0.05) is 11.1 Å². The van der Waals surface area contributed by atoms with Crippen molar-refractivity contribution in [2.45, 2.75) is 39.8 Å². The number of ether oxygens (including phenoxy) is 2. The van der Waals surface area contributed by atoms with Crippen molar-refractivity contribution in [3.05, 3.63) is 52.0 Å². The summed E-state index contributed by atoms with van der Waals surface area (Å²) in [6.45, 7) is 8.75. The molecule has 7 heteroatoms. The van der Waals surface area contributed by atoms with Gasteiger partial charge in [-0.1, -0.05) is 29.3 Å². The average molecular weight is 425 g/mol. The van der Waals surface area contributed by atoms with Gasteiger partial charge in [0.1, 0.15) is 0 Å². The molecule has 1 amide bonds. The van der Waals surface area contributed by atoms with E-state index in [1.54, 1.807) is 25.1 Å². The quantitative estimate of drug-likeness (QED) is 0.560. The fourth-order valence-corrected chi connectivity index (χ4v) is 3.06. The maximum atomic E-state index is 12.5. The van der Waals surface area contributed by atoms with Gasteiger partial charge >= 0.3 is 0 Å². The van der Waals surface area contributed by atoms with Gasteiger partial charge in [-0.25, -0.2) is 0 Å². The molecule has 0 unspecified atom stereocenters. The van der Waals surface area contributed by atoms with E-state index >= 15 is 0 Å². The molecule has 0 bridgehead atoms. The van der Waals surface area contributed by atoms with Crippen molar-refractivity contribution in [3.8, 4) is 11.5 Å². The van der Waals surface area contributed by atoms with Gasteiger partial charge in [-0.05, 0) is 63.6 Å². The summed E-state index contributed by atoms with van der Waals surface area (Å²) in [7, 11) is 0. The van der Waals surface area contributed by atoms with Crippen LogP contribution in [0.25, 0.3) is 0 Å². The van der Waals surface area contributed by atoms with Gasteiger partial charge in [0.15, 0.2) is 11.5 Å². The first-order chi connectivity index (χ1) is 13.3. The molecule has 2 aromatic rings. The lowest BCUT2D eigenvalue weighted by molar-refractivity contribution is -0.117. The van der Waals surface area contributed by atoms with Gasteiger partial charge in [-0.15, -0.1) is 0 Å². The molecule has 0 aliphatic rings. The molecule has 0 spiro atoms. The van der Waals surface area contributed by atoms with Crippen molar-refractivity contribution in [3.63, 3.8) is 0 Å². The Morgan fingerprint density at radius 2 is 1.68 bits per heavy atom. The number of rotatable bonds is 9. The van der Waals surface area contributed by atoms with Gasteiger partial charge in [0.25, 0.3) is 0 Å². The molecule has 0 aliphatic carbocycles. The van der Waals surface area contributed by atoms with Crippen molar-refractivity contribution in [2.24, 2.45) is 0 Å². The zero-order valence-electron chi connectivity index (χ0n) is 16.5.